The van der Waals surface area contributed by atoms with Gasteiger partial charge in [-0.15, -0.1) is 0 Å². The first-order valence-electron chi connectivity index (χ1n) is 5.20. The van der Waals surface area contributed by atoms with Crippen molar-refractivity contribution in [1.29, 1.82) is 0 Å². The van der Waals surface area contributed by atoms with Crippen LogP contribution in [0, 0.1) is 5.82 Å². The van der Waals surface area contributed by atoms with Crippen LogP contribution in [0.4, 0.5) is 14.9 Å². The minimum Gasteiger partial charge on any atom is -0.395 e. The minimum atomic E-state index is -0.437. The van der Waals surface area contributed by atoms with Crippen molar-refractivity contribution < 1.29 is 14.3 Å². The fraction of sp³-hybridized carbons (Fsp3) is 0.364. The molecule has 0 atom stereocenters. The second kappa shape index (κ2) is 6.56. The number of urea groups is 1. The summed E-state index contributed by atoms with van der Waals surface area (Å²) in [5.41, 5.74) is 0.382. The van der Waals surface area contributed by atoms with E-state index in [4.69, 9.17) is 5.11 Å². The van der Waals surface area contributed by atoms with E-state index < -0.39 is 5.82 Å². The number of carbonyl (C=O) groups excluding carboxylic acids is 1. The van der Waals surface area contributed by atoms with Crippen molar-refractivity contribution in [3.8, 4) is 0 Å². The number of aliphatic hydroxyl groups excluding tert-OH is 1. The molecular formula is C11H14BrFN2O2. The maximum absolute atomic E-state index is 13.2. The van der Waals surface area contributed by atoms with Gasteiger partial charge in [-0.05, 0) is 41.1 Å². The van der Waals surface area contributed by atoms with Crippen LogP contribution in [-0.4, -0.2) is 35.7 Å². The number of anilines is 1. The summed E-state index contributed by atoms with van der Waals surface area (Å²) in [7, 11) is 0. The molecule has 6 heteroatoms. The van der Waals surface area contributed by atoms with Gasteiger partial charge in [0.05, 0.1) is 11.1 Å². The fourth-order valence-corrected chi connectivity index (χ4v) is 1.55. The third-order valence-electron chi connectivity index (χ3n) is 2.21. The van der Waals surface area contributed by atoms with Crippen molar-refractivity contribution in [3.63, 3.8) is 0 Å². The maximum atomic E-state index is 13.2. The molecule has 0 radical (unpaired) electrons. The summed E-state index contributed by atoms with van der Waals surface area (Å²) in [4.78, 5) is 13.1. The van der Waals surface area contributed by atoms with E-state index in [1.807, 2.05) is 0 Å². The standard InChI is InChI=1S/C11H14BrFN2O2/c1-2-15(5-6-16)11(17)14-8-3-4-9(12)10(13)7-8/h3-4,7,16H,2,5-6H2,1H3,(H,14,17). The Morgan fingerprint density at radius 2 is 2.29 bits per heavy atom. The highest BCUT2D eigenvalue weighted by molar-refractivity contribution is 9.10. The Balaban J connectivity index is 2.69. The van der Waals surface area contributed by atoms with Crippen molar-refractivity contribution in [2.24, 2.45) is 0 Å². The molecule has 0 spiro atoms. The lowest BCUT2D eigenvalue weighted by Crippen LogP contribution is -2.36. The Hall–Kier alpha value is -1.14. The molecule has 0 saturated carbocycles. The molecule has 1 aromatic carbocycles. The van der Waals surface area contributed by atoms with Gasteiger partial charge in [0, 0.05) is 18.8 Å². The molecule has 1 aromatic rings. The topological polar surface area (TPSA) is 52.6 Å². The van der Waals surface area contributed by atoms with Crippen molar-refractivity contribution in [3.05, 3.63) is 28.5 Å². The average molecular weight is 305 g/mol. The molecule has 17 heavy (non-hydrogen) atoms. The zero-order valence-electron chi connectivity index (χ0n) is 9.41. The molecule has 0 fully saturated rings. The number of halogens is 2. The number of benzene rings is 1. The Bertz CT molecular complexity index is 401. The van der Waals surface area contributed by atoms with Gasteiger partial charge in [-0.1, -0.05) is 0 Å². The van der Waals surface area contributed by atoms with E-state index in [-0.39, 0.29) is 19.2 Å². The molecule has 0 saturated heterocycles. The molecule has 1 rings (SSSR count). The summed E-state index contributed by atoms with van der Waals surface area (Å²) in [5.74, 6) is -0.437. The van der Waals surface area contributed by atoms with E-state index in [0.717, 1.165) is 0 Å². The summed E-state index contributed by atoms with van der Waals surface area (Å²) >= 11 is 3.03. The molecule has 0 aliphatic rings. The molecule has 0 aliphatic heterocycles. The molecule has 0 aliphatic carbocycles. The van der Waals surface area contributed by atoms with Crippen LogP contribution in [0.2, 0.25) is 0 Å². The minimum absolute atomic E-state index is 0.101. The Morgan fingerprint density at radius 1 is 1.59 bits per heavy atom. The lowest BCUT2D eigenvalue weighted by Gasteiger charge is -2.20. The van der Waals surface area contributed by atoms with E-state index in [1.165, 1.54) is 17.0 Å². The van der Waals surface area contributed by atoms with Crippen LogP contribution in [0.1, 0.15) is 6.92 Å². The molecule has 4 nitrogen and oxygen atoms in total. The van der Waals surface area contributed by atoms with Crippen LogP contribution in [0.5, 0.6) is 0 Å². The fourth-order valence-electron chi connectivity index (χ4n) is 1.30. The second-order valence-corrected chi connectivity index (χ2v) is 4.22. The first-order valence-corrected chi connectivity index (χ1v) is 5.99. The highest BCUT2D eigenvalue weighted by Gasteiger charge is 2.11. The molecular weight excluding hydrogens is 291 g/mol. The number of carbonyl (C=O) groups is 1. The summed E-state index contributed by atoms with van der Waals surface area (Å²) in [6.45, 7) is 2.43. The van der Waals surface area contributed by atoms with Gasteiger partial charge in [-0.3, -0.25) is 0 Å². The van der Waals surface area contributed by atoms with Crippen molar-refractivity contribution in [2.75, 3.05) is 25.0 Å². The summed E-state index contributed by atoms with van der Waals surface area (Å²) < 4.78 is 13.6. The number of amides is 2. The van der Waals surface area contributed by atoms with Gasteiger partial charge in [0.15, 0.2) is 0 Å². The van der Waals surface area contributed by atoms with Crippen LogP contribution < -0.4 is 5.32 Å². The zero-order chi connectivity index (χ0) is 12.8. The molecule has 0 bridgehead atoms. The van der Waals surface area contributed by atoms with Gasteiger partial charge < -0.3 is 15.3 Å². The number of nitrogens with zero attached hydrogens (tertiary/aromatic N) is 1. The molecule has 0 aromatic heterocycles. The van der Waals surface area contributed by atoms with Crippen LogP contribution in [0.25, 0.3) is 0 Å². The smallest absolute Gasteiger partial charge is 0.321 e. The van der Waals surface area contributed by atoms with Crippen LogP contribution in [0.3, 0.4) is 0 Å². The van der Waals surface area contributed by atoms with Crippen LogP contribution in [-0.2, 0) is 0 Å². The zero-order valence-corrected chi connectivity index (χ0v) is 11.0. The third kappa shape index (κ3) is 3.98. The van der Waals surface area contributed by atoms with Crippen molar-refractivity contribution >= 4 is 27.6 Å². The van der Waals surface area contributed by atoms with E-state index >= 15 is 0 Å². The van der Waals surface area contributed by atoms with E-state index in [0.29, 0.717) is 16.7 Å². The quantitative estimate of drug-likeness (QED) is 0.897. The predicted octanol–water partition coefficient (Wildman–Crippen LogP) is 2.43. The molecule has 94 valence electrons. The number of nitrogens with one attached hydrogen (secondary N) is 1. The Labute approximate surface area is 108 Å². The Kier molecular flexibility index (Phi) is 5.37. The van der Waals surface area contributed by atoms with Crippen molar-refractivity contribution in [1.82, 2.24) is 4.90 Å². The first-order chi connectivity index (χ1) is 8.08. The SMILES string of the molecule is CCN(CCO)C(=O)Nc1ccc(Br)c(F)c1. The van der Waals surface area contributed by atoms with Gasteiger partial charge in [0.25, 0.3) is 0 Å². The number of aliphatic hydroxyl groups is 1. The molecule has 0 heterocycles. The normalized spacial score (nSPS) is 10.1. The lowest BCUT2D eigenvalue weighted by molar-refractivity contribution is 0.192. The summed E-state index contributed by atoms with van der Waals surface area (Å²) in [5, 5.41) is 11.3. The largest absolute Gasteiger partial charge is 0.395 e. The monoisotopic (exact) mass is 304 g/mol. The highest BCUT2D eigenvalue weighted by Crippen LogP contribution is 2.19. The van der Waals surface area contributed by atoms with E-state index in [9.17, 15) is 9.18 Å². The number of likely N-dealkylation sites (N-methyl/N-ethyl adjacent to an activating group) is 1. The summed E-state index contributed by atoms with van der Waals surface area (Å²) in [6.07, 6.45) is 0. The summed E-state index contributed by atoms with van der Waals surface area (Å²) in [6, 6.07) is 3.99. The first kappa shape index (κ1) is 13.9. The molecule has 0 unspecified atom stereocenters. The van der Waals surface area contributed by atoms with Gasteiger partial charge in [-0.25, -0.2) is 9.18 Å². The van der Waals surface area contributed by atoms with Crippen molar-refractivity contribution in [2.45, 2.75) is 6.92 Å². The van der Waals surface area contributed by atoms with Gasteiger partial charge in [0.2, 0.25) is 0 Å². The van der Waals surface area contributed by atoms with Gasteiger partial charge in [0.1, 0.15) is 5.82 Å². The van der Waals surface area contributed by atoms with E-state index in [1.54, 1.807) is 13.0 Å². The maximum Gasteiger partial charge on any atom is 0.321 e. The van der Waals surface area contributed by atoms with Crippen LogP contribution in [0.15, 0.2) is 22.7 Å². The number of rotatable bonds is 4. The molecule has 2 N–H and O–H groups in total. The predicted molar refractivity (Wildman–Crippen MR) is 67.5 cm³/mol. The van der Waals surface area contributed by atoms with Gasteiger partial charge in [-0.2, -0.15) is 0 Å². The number of hydrogen-bond acceptors (Lipinski definition) is 2. The average Bonchev–Trinajstić information content (AvgIpc) is 2.30. The second-order valence-electron chi connectivity index (χ2n) is 3.36. The highest BCUT2D eigenvalue weighted by atomic mass is 79.9. The third-order valence-corrected chi connectivity index (χ3v) is 2.85. The lowest BCUT2D eigenvalue weighted by atomic mass is 10.3. The van der Waals surface area contributed by atoms with Gasteiger partial charge >= 0.3 is 6.03 Å². The van der Waals surface area contributed by atoms with Crippen LogP contribution >= 0.6 is 15.9 Å². The molecule has 2 amide bonds. The number of hydrogen-bond donors (Lipinski definition) is 2. The van der Waals surface area contributed by atoms with E-state index in [2.05, 4.69) is 21.2 Å². The Morgan fingerprint density at radius 3 is 2.82 bits per heavy atom.